The Labute approximate surface area is 101 Å². The third-order valence-electron chi connectivity index (χ3n) is 1.08. The fraction of sp³-hybridized carbons (Fsp3) is 0.286. The fourth-order valence-electron chi connectivity index (χ4n) is 0.524. The molecule has 0 radical (unpaired) electrons. The summed E-state index contributed by atoms with van der Waals surface area (Å²) in [4.78, 5) is 11.7. The molecule has 1 nitrogen and oxygen atoms in total. The molecule has 74 valence electrons. The van der Waals surface area contributed by atoms with Crippen LogP contribution >= 0.6 is 58.3 Å². The number of halogens is 3. The van der Waals surface area contributed by atoms with Crippen molar-refractivity contribution in [1.29, 1.82) is 0 Å². The summed E-state index contributed by atoms with van der Waals surface area (Å²) < 4.78 is 0. The van der Waals surface area contributed by atoms with Gasteiger partial charge in [-0.1, -0.05) is 46.6 Å². The number of carbonyl (C=O) groups excluding carboxylic acids is 1. The van der Waals surface area contributed by atoms with Gasteiger partial charge in [-0.3, -0.25) is 4.79 Å². The Morgan fingerprint density at radius 1 is 1.23 bits per heavy atom. The van der Waals surface area contributed by atoms with Crippen LogP contribution in [0.5, 0.6) is 0 Å². The minimum atomic E-state index is -0.220. The number of hydrogen-bond donors (Lipinski definition) is 0. The molecule has 13 heavy (non-hydrogen) atoms. The molecule has 0 saturated carbocycles. The zero-order valence-corrected chi connectivity index (χ0v) is 10.8. The number of thioether (sulfide) groups is 2. The molecule has 0 saturated heterocycles. The summed E-state index contributed by atoms with van der Waals surface area (Å²) in [6.45, 7) is 0. The highest BCUT2D eigenvalue weighted by Gasteiger charge is 2.13. The van der Waals surface area contributed by atoms with Crippen LogP contribution in [-0.4, -0.2) is 17.6 Å². The lowest BCUT2D eigenvalue weighted by Gasteiger charge is -2.03. The molecule has 0 aliphatic heterocycles. The monoisotopic (exact) mass is 276 g/mol. The summed E-state index contributed by atoms with van der Waals surface area (Å²) in [7, 11) is 0. The average Bonchev–Trinajstić information content (AvgIpc) is 2.17. The molecule has 0 amide bonds. The molecule has 0 fully saturated rings. The van der Waals surface area contributed by atoms with Crippen molar-refractivity contribution in [1.82, 2.24) is 0 Å². The van der Waals surface area contributed by atoms with Gasteiger partial charge in [-0.05, 0) is 12.5 Å². The SMILES string of the molecule is CSC(=O)/C(Cl)=C(SC)\C(Cl)=C\Cl. The molecular weight excluding hydrogens is 271 g/mol. The standard InChI is InChI=1S/C7H7Cl3OS2/c1-12-6(4(9)3-8)5(10)7(11)13-2/h3H,1-2H3/b4-3-,6-5-. The second-order valence-electron chi connectivity index (χ2n) is 1.80. The molecular formula is C7H7Cl3OS2. The van der Waals surface area contributed by atoms with Crippen molar-refractivity contribution in [2.24, 2.45) is 0 Å². The summed E-state index contributed by atoms with van der Waals surface area (Å²) in [5.41, 5.74) is 1.18. The van der Waals surface area contributed by atoms with Crippen LogP contribution in [0.3, 0.4) is 0 Å². The van der Waals surface area contributed by atoms with E-state index in [-0.39, 0.29) is 15.2 Å². The molecule has 6 heteroatoms. The van der Waals surface area contributed by atoms with E-state index in [1.807, 2.05) is 0 Å². The van der Waals surface area contributed by atoms with Crippen LogP contribution in [-0.2, 0) is 4.79 Å². The van der Waals surface area contributed by atoms with Gasteiger partial charge in [0.2, 0.25) is 5.12 Å². The van der Waals surface area contributed by atoms with Crippen LogP contribution in [0.2, 0.25) is 0 Å². The van der Waals surface area contributed by atoms with Crippen molar-refractivity contribution in [3.8, 4) is 0 Å². The quantitative estimate of drug-likeness (QED) is 0.573. The summed E-state index contributed by atoms with van der Waals surface area (Å²) in [6, 6.07) is 0. The van der Waals surface area contributed by atoms with Gasteiger partial charge < -0.3 is 0 Å². The summed E-state index contributed by atoms with van der Waals surface area (Å²) in [5.74, 6) is 0. The fourth-order valence-corrected chi connectivity index (χ4v) is 2.51. The highest BCUT2D eigenvalue weighted by molar-refractivity contribution is 8.13. The Bertz CT molecular complexity index is 260. The first kappa shape index (κ1) is 13.7. The Hall–Kier alpha value is 0.720. The third kappa shape index (κ3) is 4.17. The molecule has 0 unspecified atom stereocenters. The van der Waals surface area contributed by atoms with E-state index in [4.69, 9.17) is 34.8 Å². The summed E-state index contributed by atoms with van der Waals surface area (Å²) in [5, 5.41) is 0.172. The van der Waals surface area contributed by atoms with Crippen molar-refractivity contribution >= 4 is 63.4 Å². The van der Waals surface area contributed by atoms with E-state index < -0.39 is 0 Å². The van der Waals surface area contributed by atoms with Crippen molar-refractivity contribution in [2.45, 2.75) is 0 Å². The lowest BCUT2D eigenvalue weighted by Crippen LogP contribution is -1.93. The predicted molar refractivity (Wildman–Crippen MR) is 64.7 cm³/mol. The van der Waals surface area contributed by atoms with Gasteiger partial charge in [-0.2, -0.15) is 0 Å². The number of carbonyl (C=O) groups is 1. The minimum absolute atomic E-state index is 0.113. The molecule has 0 aromatic carbocycles. The van der Waals surface area contributed by atoms with Crippen molar-refractivity contribution in [3.63, 3.8) is 0 Å². The van der Waals surface area contributed by atoms with E-state index in [2.05, 4.69) is 0 Å². The van der Waals surface area contributed by atoms with Crippen LogP contribution in [0.4, 0.5) is 0 Å². The second-order valence-corrected chi connectivity index (χ2v) is 4.39. The highest BCUT2D eigenvalue weighted by Crippen LogP contribution is 2.32. The first-order valence-corrected chi connectivity index (χ1v) is 6.71. The van der Waals surface area contributed by atoms with Gasteiger partial charge in [0.05, 0.1) is 5.03 Å². The van der Waals surface area contributed by atoms with E-state index in [9.17, 15) is 4.79 Å². The average molecular weight is 278 g/mol. The van der Waals surface area contributed by atoms with Gasteiger partial charge >= 0.3 is 0 Å². The molecule has 0 aliphatic carbocycles. The first-order chi connectivity index (χ1) is 6.08. The Kier molecular flexibility index (Phi) is 7.46. The van der Waals surface area contributed by atoms with Crippen molar-refractivity contribution < 1.29 is 4.79 Å². The van der Waals surface area contributed by atoms with Gasteiger partial charge in [0.25, 0.3) is 0 Å². The van der Waals surface area contributed by atoms with E-state index in [0.29, 0.717) is 4.91 Å². The molecule has 0 spiro atoms. The molecule has 0 atom stereocenters. The van der Waals surface area contributed by atoms with Crippen LogP contribution in [0, 0.1) is 0 Å². The Morgan fingerprint density at radius 3 is 2.08 bits per heavy atom. The molecule has 0 bridgehead atoms. The van der Waals surface area contributed by atoms with Gasteiger partial charge in [0.15, 0.2) is 0 Å². The van der Waals surface area contributed by atoms with E-state index in [1.54, 1.807) is 12.5 Å². The van der Waals surface area contributed by atoms with E-state index in [0.717, 1.165) is 11.8 Å². The zero-order chi connectivity index (χ0) is 10.4. The lowest BCUT2D eigenvalue weighted by molar-refractivity contribution is -0.107. The summed E-state index contributed by atoms with van der Waals surface area (Å²) in [6.07, 6.45) is 3.43. The molecule has 0 heterocycles. The molecule has 0 aromatic rings. The van der Waals surface area contributed by atoms with Crippen molar-refractivity contribution in [2.75, 3.05) is 12.5 Å². The Balaban J connectivity index is 5.01. The van der Waals surface area contributed by atoms with Gasteiger partial charge in [0.1, 0.15) is 5.03 Å². The van der Waals surface area contributed by atoms with Crippen LogP contribution in [0.15, 0.2) is 20.5 Å². The van der Waals surface area contributed by atoms with Gasteiger partial charge in [0, 0.05) is 10.4 Å². The minimum Gasteiger partial charge on any atom is -0.281 e. The van der Waals surface area contributed by atoms with Crippen molar-refractivity contribution in [3.05, 3.63) is 20.5 Å². The topological polar surface area (TPSA) is 17.1 Å². The summed E-state index contributed by atoms with van der Waals surface area (Å²) >= 11 is 19.2. The number of rotatable bonds is 3. The maximum atomic E-state index is 11.2. The lowest BCUT2D eigenvalue weighted by atomic mass is 10.5. The molecule has 0 aromatic heterocycles. The first-order valence-electron chi connectivity index (χ1n) is 3.06. The van der Waals surface area contributed by atoms with E-state index >= 15 is 0 Å². The molecule has 0 aliphatic rings. The molecule has 0 N–H and O–H groups in total. The van der Waals surface area contributed by atoms with Crippen LogP contribution in [0.25, 0.3) is 0 Å². The second kappa shape index (κ2) is 7.07. The number of hydrogen-bond acceptors (Lipinski definition) is 3. The third-order valence-corrected chi connectivity index (χ3v) is 3.81. The normalized spacial score (nSPS) is 14.1. The zero-order valence-electron chi connectivity index (χ0n) is 6.94. The van der Waals surface area contributed by atoms with Gasteiger partial charge in [-0.25, -0.2) is 0 Å². The van der Waals surface area contributed by atoms with Crippen LogP contribution < -0.4 is 0 Å². The maximum Gasteiger partial charge on any atom is 0.231 e. The molecule has 0 rings (SSSR count). The van der Waals surface area contributed by atoms with Crippen LogP contribution in [0.1, 0.15) is 0 Å². The Morgan fingerprint density at radius 2 is 1.77 bits per heavy atom. The highest BCUT2D eigenvalue weighted by atomic mass is 35.5. The predicted octanol–water partition coefficient (Wildman–Crippen LogP) is 4.01. The van der Waals surface area contributed by atoms with Gasteiger partial charge in [-0.15, -0.1) is 11.8 Å². The van der Waals surface area contributed by atoms with E-state index in [1.165, 1.54) is 17.3 Å². The smallest absolute Gasteiger partial charge is 0.231 e. The number of allylic oxidation sites excluding steroid dienone is 1. The maximum absolute atomic E-state index is 11.2. The largest absolute Gasteiger partial charge is 0.281 e.